The summed E-state index contributed by atoms with van der Waals surface area (Å²) < 4.78 is 0. The summed E-state index contributed by atoms with van der Waals surface area (Å²) in [7, 11) is 1.55. The van der Waals surface area contributed by atoms with E-state index in [0.717, 1.165) is 0 Å². The number of amides is 1. The van der Waals surface area contributed by atoms with E-state index >= 15 is 0 Å². The Hall–Kier alpha value is -2.15. The number of anilines is 1. The van der Waals surface area contributed by atoms with Crippen LogP contribution in [0.15, 0.2) is 18.2 Å². The fourth-order valence-corrected chi connectivity index (χ4v) is 2.03. The smallest absolute Gasteiger partial charge is 0.270 e. The molecule has 0 radical (unpaired) electrons. The van der Waals surface area contributed by atoms with Gasteiger partial charge in [-0.05, 0) is 26.8 Å². The lowest BCUT2D eigenvalue weighted by atomic mass is 10.1. The van der Waals surface area contributed by atoms with Crippen LogP contribution >= 0.6 is 0 Å². The molecule has 0 spiro atoms. The molecule has 0 atom stereocenters. The van der Waals surface area contributed by atoms with Crippen molar-refractivity contribution in [3.05, 3.63) is 33.9 Å². The van der Waals surface area contributed by atoms with Crippen LogP contribution in [-0.4, -0.2) is 46.6 Å². The van der Waals surface area contributed by atoms with E-state index < -0.39 is 10.5 Å². The van der Waals surface area contributed by atoms with Gasteiger partial charge in [0.1, 0.15) is 0 Å². The van der Waals surface area contributed by atoms with Crippen LogP contribution in [0.25, 0.3) is 0 Å². The van der Waals surface area contributed by atoms with Gasteiger partial charge in [0.2, 0.25) is 0 Å². The zero-order valence-corrected chi connectivity index (χ0v) is 12.7. The molecule has 1 rings (SSSR count). The minimum atomic E-state index is -1.04. The van der Waals surface area contributed by atoms with Crippen molar-refractivity contribution in [1.29, 1.82) is 0 Å². The van der Waals surface area contributed by atoms with Crippen molar-refractivity contribution in [2.75, 3.05) is 25.5 Å². The van der Waals surface area contributed by atoms with Gasteiger partial charge < -0.3 is 15.3 Å². The van der Waals surface area contributed by atoms with E-state index in [0.29, 0.717) is 12.2 Å². The molecule has 116 valence electrons. The van der Waals surface area contributed by atoms with E-state index in [1.54, 1.807) is 20.9 Å². The van der Waals surface area contributed by atoms with Crippen molar-refractivity contribution in [2.45, 2.75) is 26.4 Å². The number of aliphatic hydroxyl groups is 1. The molecule has 0 aromatic heterocycles. The number of nitrogens with zero attached hydrogens (tertiary/aromatic N) is 2. The molecule has 1 aromatic rings. The lowest BCUT2D eigenvalue weighted by molar-refractivity contribution is -0.384. The van der Waals surface area contributed by atoms with Crippen molar-refractivity contribution in [2.24, 2.45) is 0 Å². The van der Waals surface area contributed by atoms with E-state index in [2.05, 4.69) is 5.32 Å². The topological polar surface area (TPSA) is 95.7 Å². The molecular weight excluding hydrogens is 274 g/mol. The molecule has 0 unspecified atom stereocenters. The molecule has 0 bridgehead atoms. The zero-order valence-electron chi connectivity index (χ0n) is 12.7. The summed E-state index contributed by atoms with van der Waals surface area (Å²) in [5.74, 6) is -0.378. The number of likely N-dealkylation sites (N-methyl/N-ethyl adjacent to an activating group) is 1. The first-order chi connectivity index (χ1) is 9.65. The summed E-state index contributed by atoms with van der Waals surface area (Å²) in [5.41, 5.74) is -0.422. The lowest BCUT2D eigenvalue weighted by Crippen LogP contribution is -2.39. The quantitative estimate of drug-likeness (QED) is 0.617. The molecule has 0 heterocycles. The Bertz CT molecular complexity index is 538. The number of nitro groups is 1. The Kier molecular flexibility index (Phi) is 5.26. The zero-order chi connectivity index (χ0) is 16.2. The summed E-state index contributed by atoms with van der Waals surface area (Å²) in [6, 6.07) is 4.12. The average molecular weight is 295 g/mol. The van der Waals surface area contributed by atoms with Crippen molar-refractivity contribution in [3.63, 3.8) is 0 Å². The fourth-order valence-electron chi connectivity index (χ4n) is 2.03. The van der Waals surface area contributed by atoms with Crippen LogP contribution in [0.4, 0.5) is 11.4 Å². The van der Waals surface area contributed by atoms with E-state index in [4.69, 9.17) is 0 Å². The van der Waals surface area contributed by atoms with Gasteiger partial charge in [0, 0.05) is 38.0 Å². The highest BCUT2D eigenvalue weighted by molar-refractivity contribution is 6.00. The number of non-ortho nitro benzene ring substituents is 1. The Morgan fingerprint density at radius 2 is 2.10 bits per heavy atom. The van der Waals surface area contributed by atoms with Gasteiger partial charge in [-0.15, -0.1) is 0 Å². The second-order valence-corrected chi connectivity index (χ2v) is 5.49. The molecule has 7 heteroatoms. The first-order valence-corrected chi connectivity index (χ1v) is 6.66. The standard InChI is InChI=1S/C14H21N3O4/c1-5-15-12-7-6-10(17(20)21)8-11(12)13(18)16(4)9-14(2,3)19/h6-8,15,19H,5,9H2,1-4H3. The van der Waals surface area contributed by atoms with Crippen LogP contribution in [-0.2, 0) is 0 Å². The molecule has 0 saturated heterocycles. The van der Waals surface area contributed by atoms with Gasteiger partial charge in [0.25, 0.3) is 11.6 Å². The predicted octanol–water partition coefficient (Wildman–Crippen LogP) is 1.87. The third-order valence-electron chi connectivity index (χ3n) is 2.78. The number of carbonyl (C=O) groups excluding carboxylic acids is 1. The molecule has 1 amide bonds. The molecular formula is C14H21N3O4. The number of nitro benzene ring substituents is 1. The summed E-state index contributed by atoms with van der Waals surface area (Å²) in [6.45, 7) is 5.77. The molecule has 0 aliphatic carbocycles. The number of nitrogens with one attached hydrogen (secondary N) is 1. The molecule has 7 nitrogen and oxygen atoms in total. The number of benzene rings is 1. The van der Waals surface area contributed by atoms with Crippen LogP contribution < -0.4 is 5.32 Å². The minimum Gasteiger partial charge on any atom is -0.389 e. The van der Waals surface area contributed by atoms with Crippen LogP contribution in [0.1, 0.15) is 31.1 Å². The highest BCUT2D eigenvalue weighted by Crippen LogP contribution is 2.23. The largest absolute Gasteiger partial charge is 0.389 e. The van der Waals surface area contributed by atoms with Gasteiger partial charge in [-0.3, -0.25) is 14.9 Å². The Morgan fingerprint density at radius 1 is 1.48 bits per heavy atom. The predicted molar refractivity (Wildman–Crippen MR) is 80.5 cm³/mol. The van der Waals surface area contributed by atoms with Crippen LogP contribution in [0.2, 0.25) is 0 Å². The van der Waals surface area contributed by atoms with E-state index in [9.17, 15) is 20.0 Å². The summed E-state index contributed by atoms with van der Waals surface area (Å²) in [4.78, 5) is 24.1. The summed E-state index contributed by atoms with van der Waals surface area (Å²) in [6.07, 6.45) is 0. The van der Waals surface area contributed by atoms with Gasteiger partial charge in [-0.1, -0.05) is 0 Å². The molecule has 0 aliphatic rings. The first-order valence-electron chi connectivity index (χ1n) is 6.66. The van der Waals surface area contributed by atoms with Crippen molar-refractivity contribution < 1.29 is 14.8 Å². The Labute approximate surface area is 123 Å². The van der Waals surface area contributed by atoms with Gasteiger partial charge in [-0.2, -0.15) is 0 Å². The lowest BCUT2D eigenvalue weighted by Gasteiger charge is -2.26. The maximum atomic E-state index is 12.4. The van der Waals surface area contributed by atoms with Crippen LogP contribution in [0.5, 0.6) is 0 Å². The van der Waals surface area contributed by atoms with Crippen LogP contribution in [0, 0.1) is 10.1 Å². The van der Waals surface area contributed by atoms with E-state index in [-0.39, 0.29) is 23.7 Å². The van der Waals surface area contributed by atoms with Crippen molar-refractivity contribution in [1.82, 2.24) is 4.90 Å². The third kappa shape index (κ3) is 4.71. The SMILES string of the molecule is CCNc1ccc([N+](=O)[O-])cc1C(=O)N(C)CC(C)(C)O. The molecule has 0 saturated carbocycles. The Morgan fingerprint density at radius 3 is 2.57 bits per heavy atom. The number of hydrogen-bond acceptors (Lipinski definition) is 5. The normalized spacial score (nSPS) is 11.1. The van der Waals surface area contributed by atoms with E-state index in [1.807, 2.05) is 6.92 Å². The van der Waals surface area contributed by atoms with Crippen molar-refractivity contribution >= 4 is 17.3 Å². The first kappa shape index (κ1) is 16.9. The average Bonchev–Trinajstić information content (AvgIpc) is 2.36. The second-order valence-electron chi connectivity index (χ2n) is 5.49. The van der Waals surface area contributed by atoms with Gasteiger partial charge >= 0.3 is 0 Å². The highest BCUT2D eigenvalue weighted by Gasteiger charge is 2.23. The highest BCUT2D eigenvalue weighted by atomic mass is 16.6. The Balaban J connectivity index is 3.15. The van der Waals surface area contributed by atoms with E-state index in [1.165, 1.54) is 23.1 Å². The fraction of sp³-hybridized carbons (Fsp3) is 0.500. The van der Waals surface area contributed by atoms with Gasteiger partial charge in [0.15, 0.2) is 0 Å². The molecule has 0 fully saturated rings. The second kappa shape index (κ2) is 6.53. The maximum absolute atomic E-state index is 12.4. The molecule has 0 aliphatic heterocycles. The molecule has 2 N–H and O–H groups in total. The summed E-state index contributed by atoms with van der Waals surface area (Å²) >= 11 is 0. The molecule has 1 aromatic carbocycles. The summed E-state index contributed by atoms with van der Waals surface area (Å²) in [5, 5.41) is 23.7. The number of carbonyl (C=O) groups is 1. The monoisotopic (exact) mass is 295 g/mol. The third-order valence-corrected chi connectivity index (χ3v) is 2.78. The van der Waals surface area contributed by atoms with Crippen LogP contribution in [0.3, 0.4) is 0 Å². The molecule has 21 heavy (non-hydrogen) atoms. The maximum Gasteiger partial charge on any atom is 0.270 e. The van der Waals surface area contributed by atoms with Gasteiger partial charge in [0.05, 0.1) is 16.1 Å². The van der Waals surface area contributed by atoms with Crippen molar-refractivity contribution in [3.8, 4) is 0 Å². The van der Waals surface area contributed by atoms with Gasteiger partial charge in [-0.25, -0.2) is 0 Å². The minimum absolute atomic E-state index is 0.125. The number of hydrogen-bond donors (Lipinski definition) is 2. The number of rotatable bonds is 6.